The van der Waals surface area contributed by atoms with Gasteiger partial charge in [0.25, 0.3) is 5.56 Å². The maximum absolute atomic E-state index is 13.1. The molecule has 1 aliphatic rings. The van der Waals surface area contributed by atoms with E-state index in [-0.39, 0.29) is 16.4 Å². The maximum atomic E-state index is 13.1. The summed E-state index contributed by atoms with van der Waals surface area (Å²) < 4.78 is 5.74. The van der Waals surface area contributed by atoms with Gasteiger partial charge < -0.3 is 9.40 Å². The number of aromatic amines is 1. The molecule has 1 aliphatic heterocycles. The maximum Gasteiger partial charge on any atom is 0.255 e. The first-order chi connectivity index (χ1) is 14.1. The standard InChI is InChI=1S/C24H29N3O3/c1-14(2)15-6-7-20-17(10-15)21(28)16(13-30-20)11-27-9-8-19-18(12-27)22(29)26-23(25-19)24(3,4)5/h6-7,10,13-14H,8-9,11-12H2,1-5H3,(H,25,26,29). The smallest absolute Gasteiger partial charge is 0.255 e. The fourth-order valence-corrected chi connectivity index (χ4v) is 3.87. The van der Waals surface area contributed by atoms with Gasteiger partial charge in [0.2, 0.25) is 0 Å². The van der Waals surface area contributed by atoms with Crippen molar-refractivity contribution in [2.75, 3.05) is 6.54 Å². The molecule has 0 saturated heterocycles. The van der Waals surface area contributed by atoms with Crippen molar-refractivity contribution in [3.05, 3.63) is 73.2 Å². The third-order valence-electron chi connectivity index (χ3n) is 5.79. The second-order valence-corrected chi connectivity index (χ2v) is 9.55. The van der Waals surface area contributed by atoms with Crippen LogP contribution in [0.1, 0.15) is 68.7 Å². The molecule has 158 valence electrons. The van der Waals surface area contributed by atoms with Crippen LogP contribution >= 0.6 is 0 Å². The van der Waals surface area contributed by atoms with E-state index in [2.05, 4.69) is 23.7 Å². The van der Waals surface area contributed by atoms with Crippen LogP contribution in [-0.4, -0.2) is 21.4 Å². The van der Waals surface area contributed by atoms with Gasteiger partial charge in [0.1, 0.15) is 11.4 Å². The Bertz CT molecular complexity index is 1220. The van der Waals surface area contributed by atoms with Gasteiger partial charge in [-0.2, -0.15) is 0 Å². The number of aromatic nitrogens is 2. The van der Waals surface area contributed by atoms with E-state index < -0.39 is 0 Å². The Morgan fingerprint density at radius 2 is 2.00 bits per heavy atom. The van der Waals surface area contributed by atoms with Crippen molar-refractivity contribution in [1.82, 2.24) is 14.9 Å². The molecule has 0 amide bonds. The topological polar surface area (TPSA) is 79.2 Å². The SMILES string of the molecule is CC(C)c1ccc2occ(CN3CCc4nc(C(C)(C)C)[nH]c(=O)c4C3)c(=O)c2c1. The third kappa shape index (κ3) is 3.84. The first kappa shape index (κ1) is 20.5. The van der Waals surface area contributed by atoms with Gasteiger partial charge in [-0.3, -0.25) is 14.5 Å². The van der Waals surface area contributed by atoms with Gasteiger partial charge in [0.05, 0.1) is 22.9 Å². The zero-order valence-electron chi connectivity index (χ0n) is 18.3. The molecule has 3 heterocycles. The highest BCUT2D eigenvalue weighted by atomic mass is 16.3. The summed E-state index contributed by atoms with van der Waals surface area (Å²) in [5.74, 6) is 1.06. The second kappa shape index (κ2) is 7.51. The van der Waals surface area contributed by atoms with Crippen LogP contribution in [0.4, 0.5) is 0 Å². The van der Waals surface area contributed by atoms with Gasteiger partial charge in [-0.1, -0.05) is 40.7 Å². The van der Waals surface area contributed by atoms with Gasteiger partial charge >= 0.3 is 0 Å². The minimum Gasteiger partial charge on any atom is -0.464 e. The molecule has 2 aromatic heterocycles. The molecule has 0 atom stereocenters. The number of nitrogens with one attached hydrogen (secondary N) is 1. The summed E-state index contributed by atoms with van der Waals surface area (Å²) in [6.45, 7) is 12.0. The Morgan fingerprint density at radius 3 is 2.70 bits per heavy atom. The van der Waals surface area contributed by atoms with Crippen LogP contribution in [0.5, 0.6) is 0 Å². The van der Waals surface area contributed by atoms with E-state index >= 15 is 0 Å². The lowest BCUT2D eigenvalue weighted by Crippen LogP contribution is -2.37. The Hall–Kier alpha value is -2.73. The zero-order chi connectivity index (χ0) is 21.6. The van der Waals surface area contributed by atoms with E-state index in [1.54, 1.807) is 6.26 Å². The first-order valence-corrected chi connectivity index (χ1v) is 10.5. The molecule has 6 nitrogen and oxygen atoms in total. The van der Waals surface area contributed by atoms with Crippen molar-refractivity contribution < 1.29 is 4.42 Å². The average Bonchev–Trinajstić information content (AvgIpc) is 2.69. The van der Waals surface area contributed by atoms with Crippen LogP contribution in [0.25, 0.3) is 11.0 Å². The van der Waals surface area contributed by atoms with Crippen LogP contribution in [0.3, 0.4) is 0 Å². The number of H-pyrrole nitrogens is 1. The van der Waals surface area contributed by atoms with Crippen molar-refractivity contribution in [2.45, 2.75) is 65.5 Å². The lowest BCUT2D eigenvalue weighted by Gasteiger charge is -2.28. The van der Waals surface area contributed by atoms with E-state index in [0.29, 0.717) is 47.5 Å². The minimum atomic E-state index is -0.204. The third-order valence-corrected chi connectivity index (χ3v) is 5.79. The summed E-state index contributed by atoms with van der Waals surface area (Å²) in [4.78, 5) is 35.5. The van der Waals surface area contributed by atoms with Crippen LogP contribution in [0, 0.1) is 0 Å². The predicted octanol–water partition coefficient (Wildman–Crippen LogP) is 3.86. The minimum absolute atomic E-state index is 0.000313. The monoisotopic (exact) mass is 407 g/mol. The van der Waals surface area contributed by atoms with E-state index in [4.69, 9.17) is 9.40 Å². The van der Waals surface area contributed by atoms with E-state index in [0.717, 1.165) is 23.6 Å². The quantitative estimate of drug-likeness (QED) is 0.713. The molecular formula is C24H29N3O3. The van der Waals surface area contributed by atoms with E-state index in [9.17, 15) is 9.59 Å². The molecule has 0 aliphatic carbocycles. The molecule has 0 spiro atoms. The predicted molar refractivity (Wildman–Crippen MR) is 118 cm³/mol. The fourth-order valence-electron chi connectivity index (χ4n) is 3.87. The van der Waals surface area contributed by atoms with Gasteiger partial charge in [-0.25, -0.2) is 4.98 Å². The molecule has 3 aromatic rings. The Labute approximate surface area is 176 Å². The molecule has 4 rings (SSSR count). The average molecular weight is 408 g/mol. The van der Waals surface area contributed by atoms with Gasteiger partial charge in [0.15, 0.2) is 5.43 Å². The number of benzene rings is 1. The van der Waals surface area contributed by atoms with Gasteiger partial charge in [-0.05, 0) is 23.6 Å². The van der Waals surface area contributed by atoms with Gasteiger partial charge in [0, 0.05) is 37.0 Å². The summed E-state index contributed by atoms with van der Waals surface area (Å²) in [6, 6.07) is 5.80. The summed E-state index contributed by atoms with van der Waals surface area (Å²) in [7, 11) is 0. The van der Waals surface area contributed by atoms with Crippen LogP contribution < -0.4 is 11.0 Å². The molecular weight excluding hydrogens is 378 g/mol. The van der Waals surface area contributed by atoms with Gasteiger partial charge in [-0.15, -0.1) is 0 Å². The Balaban J connectivity index is 1.62. The summed E-state index contributed by atoms with van der Waals surface area (Å²) in [6.07, 6.45) is 2.25. The lowest BCUT2D eigenvalue weighted by atomic mass is 9.95. The molecule has 30 heavy (non-hydrogen) atoms. The van der Waals surface area contributed by atoms with Crippen LogP contribution in [0.15, 0.2) is 38.5 Å². The molecule has 0 bridgehead atoms. The highest BCUT2D eigenvalue weighted by Crippen LogP contribution is 2.23. The van der Waals surface area contributed by atoms with Crippen molar-refractivity contribution in [1.29, 1.82) is 0 Å². The molecule has 1 aromatic carbocycles. The number of nitrogens with zero attached hydrogens (tertiary/aromatic N) is 2. The molecule has 1 N–H and O–H groups in total. The number of fused-ring (bicyclic) bond motifs is 2. The van der Waals surface area contributed by atoms with E-state index in [1.165, 1.54) is 0 Å². The summed E-state index contributed by atoms with van der Waals surface area (Å²) in [5, 5.41) is 0.616. The van der Waals surface area contributed by atoms with Crippen LogP contribution in [0.2, 0.25) is 0 Å². The Kier molecular flexibility index (Phi) is 5.14. The van der Waals surface area contributed by atoms with Crippen molar-refractivity contribution in [3.63, 3.8) is 0 Å². The van der Waals surface area contributed by atoms with E-state index in [1.807, 2.05) is 39.0 Å². The van der Waals surface area contributed by atoms with Crippen molar-refractivity contribution in [2.24, 2.45) is 0 Å². The molecule has 0 unspecified atom stereocenters. The number of hydrogen-bond acceptors (Lipinski definition) is 5. The van der Waals surface area contributed by atoms with Crippen molar-refractivity contribution >= 4 is 11.0 Å². The van der Waals surface area contributed by atoms with Crippen LogP contribution in [-0.2, 0) is 24.9 Å². The summed E-state index contributed by atoms with van der Waals surface area (Å²) >= 11 is 0. The lowest BCUT2D eigenvalue weighted by molar-refractivity contribution is 0.238. The Morgan fingerprint density at radius 1 is 1.23 bits per heavy atom. The molecule has 0 radical (unpaired) electrons. The normalized spacial score (nSPS) is 15.0. The first-order valence-electron chi connectivity index (χ1n) is 10.5. The molecule has 0 saturated carbocycles. The highest BCUT2D eigenvalue weighted by Gasteiger charge is 2.25. The number of rotatable bonds is 3. The number of hydrogen-bond donors (Lipinski definition) is 1. The second-order valence-electron chi connectivity index (χ2n) is 9.55. The largest absolute Gasteiger partial charge is 0.464 e. The zero-order valence-corrected chi connectivity index (χ0v) is 18.3. The van der Waals surface area contributed by atoms with Crippen molar-refractivity contribution in [3.8, 4) is 0 Å². The summed E-state index contributed by atoms with van der Waals surface area (Å²) in [5.41, 5.74) is 3.61. The fraction of sp³-hybridized carbons (Fsp3) is 0.458. The molecule has 0 fully saturated rings. The highest BCUT2D eigenvalue weighted by molar-refractivity contribution is 5.77. The molecule has 6 heteroatoms.